The van der Waals surface area contributed by atoms with Crippen LogP contribution in [0.3, 0.4) is 0 Å². The zero-order chi connectivity index (χ0) is 13.8. The number of likely N-dealkylation sites (tertiary alicyclic amines) is 1. The van der Waals surface area contributed by atoms with Crippen LogP contribution < -0.4 is 5.32 Å². The average molecular weight is 268 g/mol. The summed E-state index contributed by atoms with van der Waals surface area (Å²) in [5.74, 6) is 0.428. The van der Waals surface area contributed by atoms with E-state index in [1.54, 1.807) is 0 Å². The lowest BCUT2D eigenvalue weighted by molar-refractivity contribution is 0.0322. The highest BCUT2D eigenvalue weighted by molar-refractivity contribution is 4.89. The lowest BCUT2D eigenvalue weighted by Crippen LogP contribution is -2.55. The Hall–Kier alpha value is -0.120. The lowest BCUT2D eigenvalue weighted by Gasteiger charge is -2.43. The van der Waals surface area contributed by atoms with Crippen LogP contribution in [-0.2, 0) is 0 Å². The fourth-order valence-electron chi connectivity index (χ4n) is 3.67. The molecule has 2 rings (SSSR count). The van der Waals surface area contributed by atoms with Crippen molar-refractivity contribution in [3.8, 4) is 0 Å². The molecule has 1 heterocycles. The van der Waals surface area contributed by atoms with Crippen LogP contribution in [-0.4, -0.2) is 47.3 Å². The predicted octanol–water partition coefficient (Wildman–Crippen LogP) is 2.39. The summed E-state index contributed by atoms with van der Waals surface area (Å²) < 4.78 is 0. The summed E-state index contributed by atoms with van der Waals surface area (Å²) in [5.41, 5.74) is 0. The normalized spacial score (nSPS) is 32.7. The lowest BCUT2D eigenvalue weighted by atomic mass is 9.87. The van der Waals surface area contributed by atoms with Crippen LogP contribution in [0.15, 0.2) is 0 Å². The van der Waals surface area contributed by atoms with Gasteiger partial charge in [0.25, 0.3) is 0 Å². The summed E-state index contributed by atoms with van der Waals surface area (Å²) in [7, 11) is 0. The Morgan fingerprint density at radius 1 is 1.00 bits per heavy atom. The fraction of sp³-hybridized carbons (Fsp3) is 1.00. The second kappa shape index (κ2) is 7.05. The highest BCUT2D eigenvalue weighted by Crippen LogP contribution is 2.24. The second-order valence-electron chi connectivity index (χ2n) is 6.98. The van der Waals surface area contributed by atoms with Gasteiger partial charge >= 0.3 is 0 Å². The zero-order valence-corrected chi connectivity index (χ0v) is 12.9. The molecular formula is C16H32N2O. The molecular weight excluding hydrogens is 236 g/mol. The van der Waals surface area contributed by atoms with E-state index in [0.29, 0.717) is 18.0 Å². The summed E-state index contributed by atoms with van der Waals surface area (Å²) in [6.07, 6.45) is 7.83. The Kier molecular flexibility index (Phi) is 5.67. The number of rotatable bonds is 4. The Balaban J connectivity index is 1.90. The zero-order valence-electron chi connectivity index (χ0n) is 12.9. The van der Waals surface area contributed by atoms with Gasteiger partial charge in [-0.25, -0.2) is 0 Å². The van der Waals surface area contributed by atoms with Crippen molar-refractivity contribution in [3.05, 3.63) is 0 Å². The number of aliphatic hydroxyl groups excluding tert-OH is 1. The molecule has 3 atom stereocenters. The molecule has 0 amide bonds. The first-order chi connectivity index (χ1) is 9.06. The van der Waals surface area contributed by atoms with E-state index in [-0.39, 0.29) is 6.10 Å². The van der Waals surface area contributed by atoms with E-state index in [1.807, 2.05) is 6.92 Å². The van der Waals surface area contributed by atoms with Crippen LogP contribution in [0.1, 0.15) is 59.3 Å². The minimum absolute atomic E-state index is 0.183. The molecule has 0 aromatic rings. The summed E-state index contributed by atoms with van der Waals surface area (Å²) in [6.45, 7) is 8.69. The van der Waals surface area contributed by atoms with Crippen LogP contribution >= 0.6 is 0 Å². The Morgan fingerprint density at radius 3 is 2.26 bits per heavy atom. The highest BCUT2D eigenvalue weighted by Gasteiger charge is 2.32. The monoisotopic (exact) mass is 268 g/mol. The molecule has 2 fully saturated rings. The van der Waals surface area contributed by atoms with Crippen molar-refractivity contribution in [2.24, 2.45) is 5.92 Å². The van der Waals surface area contributed by atoms with Gasteiger partial charge in [0, 0.05) is 31.2 Å². The second-order valence-corrected chi connectivity index (χ2v) is 6.98. The van der Waals surface area contributed by atoms with Crippen LogP contribution in [0.2, 0.25) is 0 Å². The molecule has 1 aliphatic carbocycles. The van der Waals surface area contributed by atoms with E-state index in [1.165, 1.54) is 32.1 Å². The van der Waals surface area contributed by atoms with Gasteiger partial charge in [-0.05, 0) is 46.0 Å². The average Bonchev–Trinajstić information content (AvgIpc) is 2.39. The molecule has 3 nitrogen and oxygen atoms in total. The minimum atomic E-state index is -0.183. The van der Waals surface area contributed by atoms with Gasteiger partial charge in [-0.2, -0.15) is 0 Å². The standard InChI is InChI=1S/C16H32N2O/c1-12(2)18-10-14(13(3)19)9-16(11-18)17-15-7-5-4-6-8-15/h12-17,19H,4-11H2,1-3H3. The highest BCUT2D eigenvalue weighted by atomic mass is 16.3. The van der Waals surface area contributed by atoms with Crippen molar-refractivity contribution in [3.63, 3.8) is 0 Å². The predicted molar refractivity (Wildman–Crippen MR) is 80.3 cm³/mol. The molecule has 1 aliphatic heterocycles. The van der Waals surface area contributed by atoms with Gasteiger partial charge in [0.1, 0.15) is 0 Å². The maximum Gasteiger partial charge on any atom is 0.0553 e. The summed E-state index contributed by atoms with van der Waals surface area (Å²) >= 11 is 0. The first-order valence-electron chi connectivity index (χ1n) is 8.24. The van der Waals surface area contributed by atoms with Crippen molar-refractivity contribution in [2.75, 3.05) is 13.1 Å². The molecule has 0 spiro atoms. The van der Waals surface area contributed by atoms with E-state index in [0.717, 1.165) is 25.6 Å². The van der Waals surface area contributed by atoms with Crippen molar-refractivity contribution >= 4 is 0 Å². The molecule has 2 aliphatic rings. The largest absolute Gasteiger partial charge is 0.393 e. The van der Waals surface area contributed by atoms with Gasteiger partial charge in [0.05, 0.1) is 6.10 Å². The number of nitrogens with one attached hydrogen (secondary N) is 1. The van der Waals surface area contributed by atoms with Gasteiger partial charge in [-0.1, -0.05) is 19.3 Å². The van der Waals surface area contributed by atoms with Gasteiger partial charge in [-0.3, -0.25) is 4.90 Å². The molecule has 0 radical (unpaired) electrons. The van der Waals surface area contributed by atoms with Crippen LogP contribution in [0.5, 0.6) is 0 Å². The van der Waals surface area contributed by atoms with Gasteiger partial charge in [0.15, 0.2) is 0 Å². The molecule has 19 heavy (non-hydrogen) atoms. The quantitative estimate of drug-likeness (QED) is 0.822. The molecule has 1 saturated carbocycles. The van der Waals surface area contributed by atoms with Gasteiger partial charge in [0.2, 0.25) is 0 Å². The fourth-order valence-corrected chi connectivity index (χ4v) is 3.67. The SMILES string of the molecule is CC(O)C1CC(NC2CCCCC2)CN(C(C)C)C1. The number of piperidine rings is 1. The molecule has 112 valence electrons. The minimum Gasteiger partial charge on any atom is -0.393 e. The molecule has 0 aromatic carbocycles. The van der Waals surface area contributed by atoms with Crippen LogP contribution in [0.4, 0.5) is 0 Å². The van der Waals surface area contributed by atoms with Crippen LogP contribution in [0, 0.1) is 5.92 Å². The Bertz CT molecular complexity index is 245. The van der Waals surface area contributed by atoms with Crippen molar-refractivity contribution in [1.29, 1.82) is 0 Å². The third-order valence-electron chi connectivity index (χ3n) is 5.00. The Labute approximate surface area is 118 Å². The third-order valence-corrected chi connectivity index (χ3v) is 5.00. The molecule has 3 heteroatoms. The number of hydrogen-bond donors (Lipinski definition) is 2. The summed E-state index contributed by atoms with van der Waals surface area (Å²) in [4.78, 5) is 2.53. The maximum absolute atomic E-state index is 9.95. The van der Waals surface area contributed by atoms with Crippen molar-refractivity contribution < 1.29 is 5.11 Å². The molecule has 1 saturated heterocycles. The van der Waals surface area contributed by atoms with E-state index in [2.05, 4.69) is 24.1 Å². The maximum atomic E-state index is 9.95. The van der Waals surface area contributed by atoms with E-state index < -0.39 is 0 Å². The molecule has 2 N–H and O–H groups in total. The van der Waals surface area contributed by atoms with E-state index >= 15 is 0 Å². The number of aliphatic hydroxyl groups is 1. The van der Waals surface area contributed by atoms with E-state index in [4.69, 9.17) is 0 Å². The Morgan fingerprint density at radius 2 is 1.68 bits per heavy atom. The van der Waals surface area contributed by atoms with E-state index in [9.17, 15) is 5.11 Å². The first-order valence-corrected chi connectivity index (χ1v) is 8.24. The third kappa shape index (κ3) is 4.44. The van der Waals surface area contributed by atoms with Crippen molar-refractivity contribution in [1.82, 2.24) is 10.2 Å². The molecule has 0 aromatic heterocycles. The first kappa shape index (κ1) is 15.3. The van der Waals surface area contributed by atoms with Gasteiger partial charge in [-0.15, -0.1) is 0 Å². The topological polar surface area (TPSA) is 35.5 Å². The van der Waals surface area contributed by atoms with Crippen molar-refractivity contribution in [2.45, 2.75) is 83.5 Å². The summed E-state index contributed by atoms with van der Waals surface area (Å²) in [5, 5.41) is 13.8. The van der Waals surface area contributed by atoms with Gasteiger partial charge < -0.3 is 10.4 Å². The summed E-state index contributed by atoms with van der Waals surface area (Å²) in [6, 6.07) is 1.87. The smallest absolute Gasteiger partial charge is 0.0553 e. The number of hydrogen-bond acceptors (Lipinski definition) is 3. The van der Waals surface area contributed by atoms with Crippen LogP contribution in [0.25, 0.3) is 0 Å². The number of nitrogens with zero attached hydrogens (tertiary/aromatic N) is 1. The molecule has 0 bridgehead atoms. The molecule has 3 unspecified atom stereocenters.